The van der Waals surface area contributed by atoms with Crippen molar-refractivity contribution in [3.8, 4) is 0 Å². The van der Waals surface area contributed by atoms with Crippen molar-refractivity contribution in [1.82, 2.24) is 10.2 Å². The second kappa shape index (κ2) is 9.75. The van der Waals surface area contributed by atoms with E-state index in [1.54, 1.807) is 0 Å². The van der Waals surface area contributed by atoms with Crippen LogP contribution in [0.5, 0.6) is 0 Å². The van der Waals surface area contributed by atoms with Crippen LogP contribution >= 0.6 is 24.8 Å². The highest BCUT2D eigenvalue weighted by molar-refractivity contribution is 5.85. The molecular weight excluding hydrogens is 355 g/mol. The number of halogens is 2. The first-order valence-corrected chi connectivity index (χ1v) is 8.93. The number of fused-ring (bicyclic) bond motifs is 1. The van der Waals surface area contributed by atoms with Crippen LogP contribution in [0.1, 0.15) is 24.4 Å². The number of rotatable bonds is 3. The fourth-order valence-corrected chi connectivity index (χ4v) is 4.16. The molecule has 2 heterocycles. The average Bonchev–Trinajstić information content (AvgIpc) is 2.64. The van der Waals surface area contributed by atoms with Crippen molar-refractivity contribution >= 4 is 35.6 Å². The summed E-state index contributed by atoms with van der Waals surface area (Å²) in [5, 5.41) is 6.18. The molecule has 5 heteroatoms. The first-order chi connectivity index (χ1) is 11.4. The molecule has 0 unspecified atom stereocenters. The molecule has 0 aromatic heterocycles. The average molecular weight is 383 g/mol. The van der Waals surface area contributed by atoms with Crippen molar-refractivity contribution in [2.45, 2.75) is 18.9 Å². The van der Waals surface area contributed by atoms with Crippen LogP contribution in [0.25, 0.3) is 10.8 Å². The molecule has 0 spiro atoms. The molecule has 0 aliphatic carbocycles. The van der Waals surface area contributed by atoms with E-state index in [0.29, 0.717) is 12.0 Å². The number of piperazine rings is 1. The van der Waals surface area contributed by atoms with Crippen LogP contribution in [0.3, 0.4) is 0 Å². The van der Waals surface area contributed by atoms with Gasteiger partial charge in [0.15, 0.2) is 0 Å². The third kappa shape index (κ3) is 4.66. The Morgan fingerprint density at radius 1 is 0.920 bits per heavy atom. The summed E-state index contributed by atoms with van der Waals surface area (Å²) in [4.78, 5) is 2.69. The molecule has 25 heavy (non-hydrogen) atoms. The summed E-state index contributed by atoms with van der Waals surface area (Å²) in [6.45, 7) is 6.34. The zero-order valence-corrected chi connectivity index (χ0v) is 16.2. The minimum atomic E-state index is 0. The Bertz CT molecular complexity index is 637. The molecule has 2 aliphatic rings. The van der Waals surface area contributed by atoms with E-state index in [9.17, 15) is 0 Å². The largest absolute Gasteiger partial charge is 0.381 e. The summed E-state index contributed by atoms with van der Waals surface area (Å²) >= 11 is 0. The molecule has 2 aromatic carbocycles. The van der Waals surface area contributed by atoms with Gasteiger partial charge in [-0.3, -0.25) is 4.90 Å². The van der Waals surface area contributed by atoms with Crippen LogP contribution in [-0.4, -0.2) is 44.3 Å². The SMILES string of the molecule is Cl.Cl.c1ccc2cc([C@@H](C3CCOCC3)N3CCNCC3)ccc2c1. The minimum Gasteiger partial charge on any atom is -0.381 e. The van der Waals surface area contributed by atoms with E-state index in [2.05, 4.69) is 52.7 Å². The molecule has 1 atom stereocenters. The van der Waals surface area contributed by atoms with Crippen LogP contribution in [0, 0.1) is 5.92 Å². The highest BCUT2D eigenvalue weighted by Gasteiger charge is 2.31. The maximum absolute atomic E-state index is 5.61. The van der Waals surface area contributed by atoms with E-state index in [-0.39, 0.29) is 24.8 Å². The molecule has 2 saturated heterocycles. The molecule has 4 rings (SSSR count). The lowest BCUT2D eigenvalue weighted by Gasteiger charge is -2.41. The fourth-order valence-electron chi connectivity index (χ4n) is 4.16. The van der Waals surface area contributed by atoms with Gasteiger partial charge in [-0.1, -0.05) is 36.4 Å². The molecule has 0 radical (unpaired) electrons. The molecule has 138 valence electrons. The Kier molecular flexibility index (Phi) is 7.98. The molecule has 2 fully saturated rings. The normalized spacial score (nSPS) is 20.5. The van der Waals surface area contributed by atoms with Crippen molar-refractivity contribution in [3.05, 3.63) is 48.0 Å². The van der Waals surface area contributed by atoms with Crippen LogP contribution < -0.4 is 5.32 Å². The number of nitrogens with zero attached hydrogens (tertiary/aromatic N) is 1. The third-order valence-corrected chi connectivity index (χ3v) is 5.37. The highest BCUT2D eigenvalue weighted by Crippen LogP contribution is 2.36. The second-order valence-electron chi connectivity index (χ2n) is 6.79. The third-order valence-electron chi connectivity index (χ3n) is 5.37. The molecule has 2 aromatic rings. The van der Waals surface area contributed by atoms with Gasteiger partial charge in [0.2, 0.25) is 0 Å². The fraction of sp³-hybridized carbons (Fsp3) is 0.500. The van der Waals surface area contributed by atoms with E-state index < -0.39 is 0 Å². The van der Waals surface area contributed by atoms with Crippen molar-refractivity contribution in [2.75, 3.05) is 39.4 Å². The zero-order chi connectivity index (χ0) is 15.5. The summed E-state index contributed by atoms with van der Waals surface area (Å²) in [5.41, 5.74) is 1.48. The lowest BCUT2D eigenvalue weighted by atomic mass is 9.85. The number of hydrogen-bond acceptors (Lipinski definition) is 3. The van der Waals surface area contributed by atoms with Gasteiger partial charge in [-0.05, 0) is 41.2 Å². The Hall–Kier alpha value is -0.840. The predicted octanol–water partition coefficient (Wildman–Crippen LogP) is 4.06. The summed E-state index contributed by atoms with van der Waals surface area (Å²) in [5.74, 6) is 0.711. The lowest BCUT2D eigenvalue weighted by Crippen LogP contribution is -2.47. The Morgan fingerprint density at radius 3 is 2.32 bits per heavy atom. The predicted molar refractivity (Wildman–Crippen MR) is 109 cm³/mol. The summed E-state index contributed by atoms with van der Waals surface area (Å²) < 4.78 is 5.61. The Labute approximate surface area is 162 Å². The molecule has 0 amide bonds. The number of hydrogen-bond donors (Lipinski definition) is 1. The first kappa shape index (κ1) is 20.5. The summed E-state index contributed by atoms with van der Waals surface area (Å²) in [6, 6.07) is 16.3. The van der Waals surface area contributed by atoms with Gasteiger partial charge in [0.1, 0.15) is 0 Å². The topological polar surface area (TPSA) is 24.5 Å². The smallest absolute Gasteiger partial charge is 0.0469 e. The standard InChI is InChI=1S/C20H26N2O.2ClH/c1-2-4-18-15-19(6-5-16(18)3-1)20(17-7-13-23-14-8-17)22-11-9-21-10-12-22;;/h1-6,15,17,20-21H,7-14H2;2*1H/t20-;;/m1../s1. The van der Waals surface area contributed by atoms with E-state index in [1.165, 1.54) is 29.2 Å². The zero-order valence-electron chi connectivity index (χ0n) is 14.5. The molecule has 3 nitrogen and oxygen atoms in total. The van der Waals surface area contributed by atoms with Gasteiger partial charge in [-0.25, -0.2) is 0 Å². The lowest BCUT2D eigenvalue weighted by molar-refractivity contribution is 0.0213. The minimum absolute atomic E-state index is 0. The number of ether oxygens (including phenoxy) is 1. The van der Waals surface area contributed by atoms with E-state index in [4.69, 9.17) is 4.74 Å². The van der Waals surface area contributed by atoms with Crippen LogP contribution in [0.4, 0.5) is 0 Å². The maximum atomic E-state index is 5.61. The van der Waals surface area contributed by atoms with E-state index in [0.717, 1.165) is 39.4 Å². The van der Waals surface area contributed by atoms with Gasteiger partial charge >= 0.3 is 0 Å². The van der Waals surface area contributed by atoms with Crippen molar-refractivity contribution in [1.29, 1.82) is 0 Å². The van der Waals surface area contributed by atoms with Gasteiger partial charge < -0.3 is 10.1 Å². The number of benzene rings is 2. The van der Waals surface area contributed by atoms with Gasteiger partial charge in [0, 0.05) is 45.4 Å². The molecular formula is C20H28Cl2N2O. The molecule has 0 bridgehead atoms. The van der Waals surface area contributed by atoms with Crippen molar-refractivity contribution in [3.63, 3.8) is 0 Å². The van der Waals surface area contributed by atoms with Crippen LogP contribution in [0.15, 0.2) is 42.5 Å². The summed E-state index contributed by atoms with van der Waals surface area (Å²) in [7, 11) is 0. The van der Waals surface area contributed by atoms with Gasteiger partial charge in [0.25, 0.3) is 0 Å². The van der Waals surface area contributed by atoms with Gasteiger partial charge in [-0.2, -0.15) is 0 Å². The second-order valence-corrected chi connectivity index (χ2v) is 6.79. The quantitative estimate of drug-likeness (QED) is 0.865. The van der Waals surface area contributed by atoms with Crippen molar-refractivity contribution in [2.24, 2.45) is 5.92 Å². The number of nitrogens with one attached hydrogen (secondary N) is 1. The van der Waals surface area contributed by atoms with E-state index >= 15 is 0 Å². The van der Waals surface area contributed by atoms with E-state index in [1.807, 2.05) is 0 Å². The molecule has 0 saturated carbocycles. The Morgan fingerprint density at radius 2 is 1.60 bits per heavy atom. The monoisotopic (exact) mass is 382 g/mol. The highest BCUT2D eigenvalue weighted by atomic mass is 35.5. The van der Waals surface area contributed by atoms with Gasteiger partial charge in [-0.15, -0.1) is 24.8 Å². The maximum Gasteiger partial charge on any atom is 0.0469 e. The Balaban J connectivity index is 0.00000113. The van der Waals surface area contributed by atoms with Gasteiger partial charge in [0.05, 0.1) is 0 Å². The molecule has 2 aliphatic heterocycles. The summed E-state index contributed by atoms with van der Waals surface area (Å²) in [6.07, 6.45) is 2.36. The van der Waals surface area contributed by atoms with Crippen LogP contribution in [0.2, 0.25) is 0 Å². The van der Waals surface area contributed by atoms with Crippen molar-refractivity contribution < 1.29 is 4.74 Å². The van der Waals surface area contributed by atoms with Crippen LogP contribution in [-0.2, 0) is 4.74 Å². The first-order valence-electron chi connectivity index (χ1n) is 8.93. The molecule has 1 N–H and O–H groups in total.